The van der Waals surface area contributed by atoms with Crippen LogP contribution in [-0.2, 0) is 4.74 Å². The Balaban J connectivity index is 3.09. The number of hydrogen-bond acceptors (Lipinski definition) is 3. The molecule has 0 saturated carbocycles. The first-order chi connectivity index (χ1) is 7.20. The second kappa shape index (κ2) is 4.63. The average Bonchev–Trinajstić information content (AvgIpc) is 2.08. The van der Waals surface area contributed by atoms with Crippen LogP contribution in [0, 0.1) is 0 Å². The summed E-state index contributed by atoms with van der Waals surface area (Å²) < 4.78 is 5.90. The lowest BCUT2D eigenvalue weighted by atomic mass is 10.1. The molecule has 0 spiro atoms. The predicted octanol–water partition coefficient (Wildman–Crippen LogP) is 3.64. The first kappa shape index (κ1) is 13.3. The molecular weight excluding hydrogens is 293 g/mol. The fraction of sp³-hybridized carbons (Fsp3) is 0.364. The number of nitrogens with two attached hydrogens (primary N) is 1. The number of rotatable bonds is 1. The minimum Gasteiger partial charge on any atom is -0.456 e. The molecule has 0 bridgehead atoms. The van der Waals surface area contributed by atoms with Gasteiger partial charge in [0.15, 0.2) is 0 Å². The quantitative estimate of drug-likeness (QED) is 0.636. The van der Waals surface area contributed by atoms with Crippen molar-refractivity contribution in [1.29, 1.82) is 0 Å². The topological polar surface area (TPSA) is 52.3 Å². The van der Waals surface area contributed by atoms with Crippen molar-refractivity contribution >= 4 is 39.2 Å². The maximum Gasteiger partial charge on any atom is 0.340 e. The van der Waals surface area contributed by atoms with Crippen molar-refractivity contribution < 1.29 is 9.53 Å². The first-order valence-electron chi connectivity index (χ1n) is 4.68. The summed E-state index contributed by atoms with van der Waals surface area (Å²) in [4.78, 5) is 11.8. The summed E-state index contributed by atoms with van der Waals surface area (Å²) in [5, 5.41) is 0.329. The largest absolute Gasteiger partial charge is 0.456 e. The Labute approximate surface area is 108 Å². The van der Waals surface area contributed by atoms with E-state index in [0.29, 0.717) is 9.50 Å². The summed E-state index contributed by atoms with van der Waals surface area (Å²) >= 11 is 9.12. The van der Waals surface area contributed by atoms with E-state index in [-0.39, 0.29) is 11.3 Å². The zero-order valence-electron chi connectivity index (χ0n) is 9.30. The molecule has 88 valence electrons. The molecule has 0 atom stereocenters. The minimum absolute atomic E-state index is 0.235. The predicted molar refractivity (Wildman–Crippen MR) is 68.7 cm³/mol. The molecule has 0 aliphatic rings. The summed E-state index contributed by atoms with van der Waals surface area (Å²) in [6.07, 6.45) is 0. The number of ether oxygens (including phenoxy) is 1. The second-order valence-electron chi connectivity index (χ2n) is 4.35. The highest BCUT2D eigenvalue weighted by molar-refractivity contribution is 9.10. The number of benzene rings is 1. The highest BCUT2D eigenvalue weighted by Crippen LogP contribution is 2.29. The Morgan fingerprint density at radius 1 is 1.44 bits per heavy atom. The van der Waals surface area contributed by atoms with Crippen molar-refractivity contribution in [3.63, 3.8) is 0 Å². The van der Waals surface area contributed by atoms with Crippen LogP contribution < -0.4 is 5.73 Å². The third kappa shape index (κ3) is 3.39. The molecule has 16 heavy (non-hydrogen) atoms. The Hall–Kier alpha value is -0.740. The van der Waals surface area contributed by atoms with Crippen LogP contribution in [0.25, 0.3) is 0 Å². The molecule has 0 saturated heterocycles. The third-order valence-corrected chi connectivity index (χ3v) is 2.48. The van der Waals surface area contributed by atoms with Crippen molar-refractivity contribution in [3.8, 4) is 0 Å². The Bertz CT molecular complexity index is 427. The summed E-state index contributed by atoms with van der Waals surface area (Å²) in [5.74, 6) is -0.479. The summed E-state index contributed by atoms with van der Waals surface area (Å²) in [6.45, 7) is 5.38. The van der Waals surface area contributed by atoms with Gasteiger partial charge in [0.25, 0.3) is 0 Å². The van der Waals surface area contributed by atoms with Crippen molar-refractivity contribution in [1.82, 2.24) is 0 Å². The highest BCUT2D eigenvalue weighted by atomic mass is 79.9. The van der Waals surface area contributed by atoms with Gasteiger partial charge in [0, 0.05) is 4.47 Å². The van der Waals surface area contributed by atoms with Gasteiger partial charge in [-0.2, -0.15) is 0 Å². The number of esters is 1. The molecule has 1 rings (SSSR count). The van der Waals surface area contributed by atoms with Gasteiger partial charge in [-0.3, -0.25) is 0 Å². The Morgan fingerprint density at radius 3 is 2.50 bits per heavy atom. The summed E-state index contributed by atoms with van der Waals surface area (Å²) in [7, 11) is 0. The number of carbonyl (C=O) groups excluding carboxylic acids is 1. The molecule has 3 nitrogen and oxygen atoms in total. The lowest BCUT2D eigenvalue weighted by Gasteiger charge is -2.20. The molecule has 0 aliphatic carbocycles. The Morgan fingerprint density at radius 2 is 2.00 bits per heavy atom. The van der Waals surface area contributed by atoms with Crippen LogP contribution in [0.2, 0.25) is 5.02 Å². The molecule has 0 aliphatic heterocycles. The minimum atomic E-state index is -0.557. The van der Waals surface area contributed by atoms with Gasteiger partial charge >= 0.3 is 5.97 Å². The van der Waals surface area contributed by atoms with E-state index in [1.807, 2.05) is 0 Å². The SMILES string of the molecule is CC(C)(C)OC(=O)c1cc(Br)cc(Cl)c1N. The molecule has 2 N–H and O–H groups in total. The second-order valence-corrected chi connectivity index (χ2v) is 5.67. The average molecular weight is 307 g/mol. The van der Waals surface area contributed by atoms with Crippen LogP contribution in [-0.4, -0.2) is 11.6 Å². The smallest absolute Gasteiger partial charge is 0.340 e. The zero-order chi connectivity index (χ0) is 12.5. The fourth-order valence-corrected chi connectivity index (χ4v) is 1.90. The van der Waals surface area contributed by atoms with Gasteiger partial charge in [-0.15, -0.1) is 0 Å². The molecule has 0 fully saturated rings. The van der Waals surface area contributed by atoms with Gasteiger partial charge in [0.1, 0.15) is 5.60 Å². The van der Waals surface area contributed by atoms with E-state index >= 15 is 0 Å². The molecule has 0 unspecified atom stereocenters. The number of anilines is 1. The van der Waals surface area contributed by atoms with Crippen molar-refractivity contribution in [2.24, 2.45) is 0 Å². The van der Waals surface area contributed by atoms with Gasteiger partial charge in [0.2, 0.25) is 0 Å². The number of halogens is 2. The van der Waals surface area contributed by atoms with Gasteiger partial charge in [-0.25, -0.2) is 4.79 Å². The fourth-order valence-electron chi connectivity index (χ4n) is 1.09. The molecular formula is C11H13BrClNO2. The molecule has 5 heteroatoms. The van der Waals surface area contributed by atoms with E-state index < -0.39 is 11.6 Å². The normalized spacial score (nSPS) is 11.3. The van der Waals surface area contributed by atoms with E-state index in [9.17, 15) is 4.79 Å². The summed E-state index contributed by atoms with van der Waals surface area (Å²) in [5.41, 5.74) is 5.67. The Kier molecular flexibility index (Phi) is 3.86. The van der Waals surface area contributed by atoms with Crippen molar-refractivity contribution in [2.75, 3.05) is 5.73 Å². The van der Waals surface area contributed by atoms with Gasteiger partial charge in [0.05, 0.1) is 16.3 Å². The lowest BCUT2D eigenvalue weighted by Crippen LogP contribution is -2.24. The van der Waals surface area contributed by atoms with Gasteiger partial charge in [-0.1, -0.05) is 27.5 Å². The molecule has 0 radical (unpaired) electrons. The number of hydrogen-bond donors (Lipinski definition) is 1. The monoisotopic (exact) mass is 305 g/mol. The lowest BCUT2D eigenvalue weighted by molar-refractivity contribution is 0.00707. The highest BCUT2D eigenvalue weighted by Gasteiger charge is 2.21. The van der Waals surface area contributed by atoms with Crippen molar-refractivity contribution in [2.45, 2.75) is 26.4 Å². The zero-order valence-corrected chi connectivity index (χ0v) is 11.6. The third-order valence-electron chi connectivity index (χ3n) is 1.71. The maximum atomic E-state index is 11.8. The first-order valence-corrected chi connectivity index (χ1v) is 5.85. The van der Waals surface area contributed by atoms with E-state index in [4.69, 9.17) is 22.1 Å². The standard InChI is InChI=1S/C11H13BrClNO2/c1-11(2,3)16-10(15)7-4-6(12)5-8(13)9(7)14/h4-5H,14H2,1-3H3. The maximum absolute atomic E-state index is 11.8. The van der Waals surface area contributed by atoms with Crippen LogP contribution >= 0.6 is 27.5 Å². The molecule has 0 aromatic heterocycles. The van der Waals surface area contributed by atoms with Gasteiger partial charge in [-0.05, 0) is 32.9 Å². The van der Waals surface area contributed by atoms with Crippen LogP contribution in [0.15, 0.2) is 16.6 Å². The van der Waals surface area contributed by atoms with Crippen LogP contribution in [0.1, 0.15) is 31.1 Å². The molecule has 0 amide bonds. The van der Waals surface area contributed by atoms with Crippen LogP contribution in [0.5, 0.6) is 0 Å². The summed E-state index contributed by atoms with van der Waals surface area (Å²) in [6, 6.07) is 3.22. The van der Waals surface area contributed by atoms with E-state index in [2.05, 4.69) is 15.9 Å². The molecule has 1 aromatic rings. The number of nitrogen functional groups attached to an aromatic ring is 1. The number of carbonyl (C=O) groups is 1. The van der Waals surface area contributed by atoms with Gasteiger partial charge < -0.3 is 10.5 Å². The van der Waals surface area contributed by atoms with E-state index in [1.54, 1.807) is 32.9 Å². The van der Waals surface area contributed by atoms with Crippen molar-refractivity contribution in [3.05, 3.63) is 27.2 Å². The van der Waals surface area contributed by atoms with E-state index in [0.717, 1.165) is 0 Å². The van der Waals surface area contributed by atoms with Crippen LogP contribution in [0.4, 0.5) is 5.69 Å². The van der Waals surface area contributed by atoms with Crippen LogP contribution in [0.3, 0.4) is 0 Å². The molecule has 0 heterocycles. The molecule has 1 aromatic carbocycles. The van der Waals surface area contributed by atoms with E-state index in [1.165, 1.54) is 0 Å².